The molecular formula is C15H22N2O3. The van der Waals surface area contributed by atoms with E-state index in [1.807, 2.05) is 30.3 Å². The normalized spacial score (nSPS) is 12.6. The second-order valence-corrected chi connectivity index (χ2v) is 5.65. The van der Waals surface area contributed by atoms with Crippen LogP contribution in [0.4, 0.5) is 0 Å². The predicted octanol–water partition coefficient (Wildman–Crippen LogP) is 0.998. The molecule has 110 valence electrons. The quantitative estimate of drug-likeness (QED) is 0.752. The second kappa shape index (κ2) is 7.05. The summed E-state index contributed by atoms with van der Waals surface area (Å²) in [5.74, 6) is -0.515. The standard InChI is InChI=1S/C15H22N2O3/c1-15(2,3)14(20)16-9-13(19)17-12(10-18)11-7-5-4-6-8-11/h4-8,12,18H,9-10H2,1-3H3,(H,16,20)(H,17,19)/t12-/m0/s1. The molecule has 1 rings (SSSR count). The molecule has 0 fully saturated rings. The van der Waals surface area contributed by atoms with Crippen LogP contribution in [0.3, 0.4) is 0 Å². The molecule has 0 aliphatic rings. The van der Waals surface area contributed by atoms with Gasteiger partial charge in [0, 0.05) is 5.41 Å². The topological polar surface area (TPSA) is 78.4 Å². The lowest BCUT2D eigenvalue weighted by Crippen LogP contribution is -2.43. The van der Waals surface area contributed by atoms with Crippen molar-refractivity contribution in [2.24, 2.45) is 5.41 Å². The van der Waals surface area contributed by atoms with Crippen LogP contribution in [0, 0.1) is 5.41 Å². The zero-order chi connectivity index (χ0) is 15.2. The average molecular weight is 278 g/mol. The van der Waals surface area contributed by atoms with Crippen LogP contribution in [0.1, 0.15) is 32.4 Å². The van der Waals surface area contributed by atoms with Crippen molar-refractivity contribution in [2.75, 3.05) is 13.2 Å². The minimum absolute atomic E-state index is 0.0978. The van der Waals surface area contributed by atoms with Crippen LogP contribution in [0.2, 0.25) is 0 Å². The Morgan fingerprint density at radius 1 is 1.20 bits per heavy atom. The Bertz CT molecular complexity index is 452. The summed E-state index contributed by atoms with van der Waals surface area (Å²) in [6, 6.07) is 8.74. The van der Waals surface area contributed by atoms with Crippen LogP contribution in [-0.2, 0) is 9.59 Å². The van der Waals surface area contributed by atoms with Gasteiger partial charge in [-0.25, -0.2) is 0 Å². The maximum absolute atomic E-state index is 11.8. The predicted molar refractivity (Wildman–Crippen MR) is 76.9 cm³/mol. The Balaban J connectivity index is 2.51. The van der Waals surface area contributed by atoms with Gasteiger partial charge in [0.1, 0.15) is 0 Å². The van der Waals surface area contributed by atoms with E-state index in [2.05, 4.69) is 10.6 Å². The SMILES string of the molecule is CC(C)(C)C(=O)NCC(=O)N[C@@H](CO)c1ccccc1. The summed E-state index contributed by atoms with van der Waals surface area (Å²) in [6.45, 7) is 5.05. The number of aliphatic hydroxyl groups excluding tert-OH is 1. The van der Waals surface area contributed by atoms with E-state index in [0.717, 1.165) is 5.56 Å². The first kappa shape index (κ1) is 16.2. The Labute approximate surface area is 119 Å². The third-order valence-corrected chi connectivity index (χ3v) is 2.81. The van der Waals surface area contributed by atoms with Gasteiger partial charge in [-0.3, -0.25) is 9.59 Å². The van der Waals surface area contributed by atoms with Crippen molar-refractivity contribution in [1.82, 2.24) is 10.6 Å². The molecule has 20 heavy (non-hydrogen) atoms. The third-order valence-electron chi connectivity index (χ3n) is 2.81. The molecule has 5 heteroatoms. The minimum Gasteiger partial charge on any atom is -0.394 e. The molecule has 1 atom stereocenters. The summed E-state index contributed by atoms with van der Waals surface area (Å²) in [7, 11) is 0. The van der Waals surface area contributed by atoms with Crippen molar-refractivity contribution < 1.29 is 14.7 Å². The molecule has 0 heterocycles. The van der Waals surface area contributed by atoms with Gasteiger partial charge in [-0.05, 0) is 5.56 Å². The van der Waals surface area contributed by atoms with Gasteiger partial charge >= 0.3 is 0 Å². The van der Waals surface area contributed by atoms with Gasteiger partial charge in [0.2, 0.25) is 11.8 Å². The fourth-order valence-electron chi connectivity index (χ4n) is 1.59. The van der Waals surface area contributed by atoms with E-state index in [0.29, 0.717) is 0 Å². The highest BCUT2D eigenvalue weighted by molar-refractivity contribution is 5.87. The van der Waals surface area contributed by atoms with Gasteiger partial charge in [-0.15, -0.1) is 0 Å². The molecular weight excluding hydrogens is 256 g/mol. The summed E-state index contributed by atoms with van der Waals surface area (Å²) < 4.78 is 0. The zero-order valence-electron chi connectivity index (χ0n) is 12.1. The molecule has 2 amide bonds. The number of rotatable bonds is 5. The highest BCUT2D eigenvalue weighted by Crippen LogP contribution is 2.13. The average Bonchev–Trinajstić information content (AvgIpc) is 2.42. The van der Waals surface area contributed by atoms with Crippen LogP contribution in [0.5, 0.6) is 0 Å². The van der Waals surface area contributed by atoms with E-state index in [1.54, 1.807) is 20.8 Å². The van der Waals surface area contributed by atoms with Gasteiger partial charge in [0.15, 0.2) is 0 Å². The molecule has 5 nitrogen and oxygen atoms in total. The fourth-order valence-corrected chi connectivity index (χ4v) is 1.59. The number of carbonyl (C=O) groups excluding carboxylic acids is 2. The molecule has 0 aromatic heterocycles. The van der Waals surface area contributed by atoms with E-state index in [-0.39, 0.29) is 25.0 Å². The van der Waals surface area contributed by atoms with Crippen LogP contribution in [0.25, 0.3) is 0 Å². The number of hydrogen-bond donors (Lipinski definition) is 3. The van der Waals surface area contributed by atoms with E-state index in [4.69, 9.17) is 0 Å². The molecule has 0 aliphatic heterocycles. The summed E-state index contributed by atoms with van der Waals surface area (Å²) in [5.41, 5.74) is 0.293. The van der Waals surface area contributed by atoms with Crippen molar-refractivity contribution in [3.8, 4) is 0 Å². The first-order valence-electron chi connectivity index (χ1n) is 6.58. The highest BCUT2D eigenvalue weighted by Gasteiger charge is 2.22. The summed E-state index contributed by atoms with van der Waals surface area (Å²) in [5, 5.41) is 14.6. The van der Waals surface area contributed by atoms with Crippen molar-refractivity contribution >= 4 is 11.8 Å². The molecule has 0 spiro atoms. The lowest BCUT2D eigenvalue weighted by molar-refractivity contribution is -0.131. The van der Waals surface area contributed by atoms with Crippen molar-refractivity contribution in [2.45, 2.75) is 26.8 Å². The molecule has 0 bridgehead atoms. The molecule has 0 radical (unpaired) electrons. The molecule has 3 N–H and O–H groups in total. The lowest BCUT2D eigenvalue weighted by atomic mass is 9.96. The first-order chi connectivity index (χ1) is 9.34. The van der Waals surface area contributed by atoms with Crippen LogP contribution < -0.4 is 10.6 Å². The molecule has 1 aromatic carbocycles. The van der Waals surface area contributed by atoms with Gasteiger partial charge in [-0.2, -0.15) is 0 Å². The van der Waals surface area contributed by atoms with Crippen LogP contribution in [0.15, 0.2) is 30.3 Å². The number of hydrogen-bond acceptors (Lipinski definition) is 3. The molecule has 0 saturated heterocycles. The number of carbonyl (C=O) groups is 2. The second-order valence-electron chi connectivity index (χ2n) is 5.65. The van der Waals surface area contributed by atoms with Gasteiger partial charge in [0.25, 0.3) is 0 Å². The third kappa shape index (κ3) is 5.01. The molecule has 0 saturated carbocycles. The van der Waals surface area contributed by atoms with Crippen LogP contribution in [-0.4, -0.2) is 30.1 Å². The van der Waals surface area contributed by atoms with Crippen molar-refractivity contribution in [3.63, 3.8) is 0 Å². The van der Waals surface area contributed by atoms with Crippen molar-refractivity contribution in [1.29, 1.82) is 0 Å². The number of benzene rings is 1. The summed E-state index contributed by atoms with van der Waals surface area (Å²) in [4.78, 5) is 23.4. The Morgan fingerprint density at radius 3 is 2.30 bits per heavy atom. The fraction of sp³-hybridized carbons (Fsp3) is 0.467. The van der Waals surface area contributed by atoms with Gasteiger partial charge < -0.3 is 15.7 Å². The number of aliphatic hydroxyl groups is 1. The smallest absolute Gasteiger partial charge is 0.239 e. The maximum atomic E-state index is 11.8. The number of nitrogens with one attached hydrogen (secondary N) is 2. The zero-order valence-corrected chi connectivity index (χ0v) is 12.1. The Morgan fingerprint density at radius 2 is 1.80 bits per heavy atom. The first-order valence-corrected chi connectivity index (χ1v) is 6.58. The van der Waals surface area contributed by atoms with Crippen LogP contribution >= 0.6 is 0 Å². The molecule has 1 aromatic rings. The summed E-state index contributed by atoms with van der Waals surface area (Å²) >= 11 is 0. The number of amides is 2. The molecule has 0 unspecified atom stereocenters. The van der Waals surface area contributed by atoms with Gasteiger partial charge in [0.05, 0.1) is 19.2 Å². The van der Waals surface area contributed by atoms with Gasteiger partial charge in [-0.1, -0.05) is 51.1 Å². The monoisotopic (exact) mass is 278 g/mol. The van der Waals surface area contributed by atoms with Crippen molar-refractivity contribution in [3.05, 3.63) is 35.9 Å². The largest absolute Gasteiger partial charge is 0.394 e. The van der Waals surface area contributed by atoms with E-state index in [9.17, 15) is 14.7 Å². The minimum atomic E-state index is -0.532. The lowest BCUT2D eigenvalue weighted by Gasteiger charge is -2.19. The highest BCUT2D eigenvalue weighted by atomic mass is 16.3. The Hall–Kier alpha value is -1.88. The molecule has 0 aliphatic carbocycles. The maximum Gasteiger partial charge on any atom is 0.239 e. The Kier molecular flexibility index (Phi) is 5.70. The van der Waals surface area contributed by atoms with E-state index in [1.165, 1.54) is 0 Å². The van der Waals surface area contributed by atoms with E-state index >= 15 is 0 Å². The van der Waals surface area contributed by atoms with E-state index < -0.39 is 11.5 Å². The summed E-state index contributed by atoms with van der Waals surface area (Å²) in [6.07, 6.45) is 0.